The highest BCUT2D eigenvalue weighted by atomic mass is 17.3. The molecule has 1 aliphatic heterocycles. The summed E-state index contributed by atoms with van der Waals surface area (Å²) in [5.41, 5.74) is 6.02. The van der Waals surface area contributed by atoms with Crippen LogP contribution in [-0.2, 0) is 14.5 Å². The van der Waals surface area contributed by atoms with Crippen LogP contribution >= 0.6 is 0 Å². The van der Waals surface area contributed by atoms with E-state index in [1.807, 2.05) is 0 Å². The van der Waals surface area contributed by atoms with E-state index >= 15 is 0 Å². The third kappa shape index (κ3) is 1.57. The fourth-order valence-corrected chi connectivity index (χ4v) is 5.87. The van der Waals surface area contributed by atoms with Crippen LogP contribution in [0.5, 0.6) is 0 Å². The van der Waals surface area contributed by atoms with Crippen molar-refractivity contribution in [2.24, 2.45) is 29.4 Å². The van der Waals surface area contributed by atoms with E-state index in [0.717, 1.165) is 37.5 Å². The van der Waals surface area contributed by atoms with Gasteiger partial charge in [0.1, 0.15) is 0 Å². The van der Waals surface area contributed by atoms with Crippen LogP contribution in [0.3, 0.4) is 0 Å². The van der Waals surface area contributed by atoms with Gasteiger partial charge >= 0.3 is 0 Å². The summed E-state index contributed by atoms with van der Waals surface area (Å²) in [6, 6.07) is 0.308. The Morgan fingerprint density at radius 2 is 1.40 bits per heavy atom. The molecule has 1 saturated heterocycles. The lowest BCUT2D eigenvalue weighted by molar-refractivity contribution is -0.390. The van der Waals surface area contributed by atoms with E-state index in [9.17, 15) is 0 Å². The molecule has 5 aliphatic carbocycles. The molecule has 6 fully saturated rings. The molecule has 5 saturated carbocycles. The number of hydrogen-bond acceptors (Lipinski definition) is 4. The summed E-state index contributed by atoms with van der Waals surface area (Å²) in [4.78, 5) is 11.8. The smallest absolute Gasteiger partial charge is 0.210 e. The molecular weight excluding hydrogens is 254 g/mol. The summed E-state index contributed by atoms with van der Waals surface area (Å²) in [7, 11) is 0. The predicted molar refractivity (Wildman–Crippen MR) is 72.2 cm³/mol. The first-order valence-corrected chi connectivity index (χ1v) is 8.50. The van der Waals surface area contributed by atoms with Gasteiger partial charge in [-0.15, -0.1) is 0 Å². The zero-order valence-electron chi connectivity index (χ0n) is 12.1. The van der Waals surface area contributed by atoms with Crippen molar-refractivity contribution in [3.63, 3.8) is 0 Å². The standard InChI is InChI=1S/C16H25NO3/c17-14-1-3-15(4-2-14)18-16(20-19-15)12-6-10-5-11(8-12)9-13(16)7-10/h10-14H,1-9,17H2. The zero-order valence-corrected chi connectivity index (χ0v) is 12.1. The summed E-state index contributed by atoms with van der Waals surface area (Å²) in [5.74, 6) is 2.08. The minimum atomic E-state index is -0.481. The molecule has 2 N–H and O–H groups in total. The average molecular weight is 279 g/mol. The van der Waals surface area contributed by atoms with Gasteiger partial charge in [-0.1, -0.05) is 0 Å². The van der Waals surface area contributed by atoms with E-state index in [1.54, 1.807) is 0 Å². The summed E-state index contributed by atoms with van der Waals surface area (Å²) >= 11 is 0. The van der Waals surface area contributed by atoms with Crippen LogP contribution in [-0.4, -0.2) is 17.6 Å². The molecule has 0 amide bonds. The first-order chi connectivity index (χ1) is 9.68. The second-order valence-corrected chi connectivity index (χ2v) is 8.04. The molecule has 0 aromatic heterocycles. The fourth-order valence-electron chi connectivity index (χ4n) is 5.87. The third-order valence-electron chi connectivity index (χ3n) is 6.74. The SMILES string of the molecule is NC1CCC2(CC1)OOC1(O2)C2CC3CC(C2)CC1C3. The van der Waals surface area contributed by atoms with Gasteiger partial charge in [-0.3, -0.25) is 0 Å². The first kappa shape index (κ1) is 12.4. The van der Waals surface area contributed by atoms with Crippen molar-refractivity contribution in [1.29, 1.82) is 0 Å². The average Bonchev–Trinajstić information content (AvgIpc) is 2.80. The minimum Gasteiger partial charge on any atom is -0.328 e. The Hall–Kier alpha value is -0.160. The third-order valence-corrected chi connectivity index (χ3v) is 6.74. The maximum atomic E-state index is 6.60. The normalized spacial score (nSPS) is 60.8. The van der Waals surface area contributed by atoms with Gasteiger partial charge in [0.2, 0.25) is 11.6 Å². The number of hydrogen-bond donors (Lipinski definition) is 1. The number of ether oxygens (including phenoxy) is 1. The molecule has 0 aromatic carbocycles. The molecule has 6 aliphatic rings. The lowest BCUT2D eigenvalue weighted by atomic mass is 9.53. The Labute approximate surface area is 120 Å². The van der Waals surface area contributed by atoms with Crippen LogP contribution in [0.2, 0.25) is 0 Å². The van der Waals surface area contributed by atoms with E-state index in [4.69, 9.17) is 20.2 Å². The molecule has 6 rings (SSSR count). The molecule has 4 nitrogen and oxygen atoms in total. The summed E-state index contributed by atoms with van der Waals surface area (Å²) < 4.78 is 6.60. The first-order valence-electron chi connectivity index (χ1n) is 8.50. The molecule has 2 spiro atoms. The molecule has 1 heterocycles. The van der Waals surface area contributed by atoms with Gasteiger partial charge in [-0.25, -0.2) is 0 Å². The van der Waals surface area contributed by atoms with E-state index in [-0.39, 0.29) is 0 Å². The van der Waals surface area contributed by atoms with Crippen LogP contribution in [0.1, 0.15) is 57.8 Å². The van der Waals surface area contributed by atoms with Crippen LogP contribution in [0.4, 0.5) is 0 Å². The Morgan fingerprint density at radius 1 is 0.800 bits per heavy atom. The van der Waals surface area contributed by atoms with Gasteiger partial charge < -0.3 is 10.5 Å². The fraction of sp³-hybridized carbons (Fsp3) is 1.00. The summed E-state index contributed by atoms with van der Waals surface area (Å²) in [6.07, 6.45) is 10.3. The van der Waals surface area contributed by atoms with E-state index in [1.165, 1.54) is 32.1 Å². The molecule has 20 heavy (non-hydrogen) atoms. The second-order valence-electron chi connectivity index (χ2n) is 8.04. The highest BCUT2D eigenvalue weighted by Crippen LogP contribution is 2.63. The summed E-state index contributed by atoms with van der Waals surface area (Å²) in [5, 5.41) is 0. The molecule has 112 valence electrons. The lowest BCUT2D eigenvalue weighted by Crippen LogP contribution is -2.59. The molecule has 0 aromatic rings. The van der Waals surface area contributed by atoms with E-state index < -0.39 is 11.6 Å². The van der Waals surface area contributed by atoms with Gasteiger partial charge in [0.25, 0.3) is 0 Å². The van der Waals surface area contributed by atoms with Gasteiger partial charge in [-0.05, 0) is 56.8 Å². The molecule has 0 atom stereocenters. The van der Waals surface area contributed by atoms with Gasteiger partial charge in [0.05, 0.1) is 0 Å². The molecule has 4 heteroatoms. The monoisotopic (exact) mass is 279 g/mol. The topological polar surface area (TPSA) is 53.7 Å². The van der Waals surface area contributed by atoms with Crippen molar-refractivity contribution < 1.29 is 14.5 Å². The Balaban J connectivity index is 1.42. The molecule has 0 radical (unpaired) electrons. The predicted octanol–water partition coefficient (Wildman–Crippen LogP) is 2.71. The quantitative estimate of drug-likeness (QED) is 0.693. The maximum Gasteiger partial charge on any atom is 0.210 e. The number of nitrogens with two attached hydrogens (primary N) is 1. The van der Waals surface area contributed by atoms with Gasteiger partial charge in [-0.2, -0.15) is 9.78 Å². The van der Waals surface area contributed by atoms with Crippen molar-refractivity contribution in [2.75, 3.05) is 0 Å². The lowest BCUT2D eigenvalue weighted by Gasteiger charge is -2.57. The van der Waals surface area contributed by atoms with Crippen LogP contribution in [0.15, 0.2) is 0 Å². The Bertz CT molecular complexity index is 388. The van der Waals surface area contributed by atoms with Crippen LogP contribution < -0.4 is 5.73 Å². The van der Waals surface area contributed by atoms with E-state index in [0.29, 0.717) is 17.9 Å². The van der Waals surface area contributed by atoms with Crippen LogP contribution in [0, 0.1) is 23.7 Å². The Kier molecular flexibility index (Phi) is 2.46. The maximum absolute atomic E-state index is 6.60. The number of rotatable bonds is 0. The van der Waals surface area contributed by atoms with Gasteiger partial charge in [0.15, 0.2) is 0 Å². The largest absolute Gasteiger partial charge is 0.328 e. The minimum absolute atomic E-state index is 0.308. The van der Waals surface area contributed by atoms with Crippen molar-refractivity contribution in [3.8, 4) is 0 Å². The van der Waals surface area contributed by atoms with E-state index in [2.05, 4.69) is 0 Å². The highest BCUT2D eigenvalue weighted by Gasteiger charge is 2.66. The van der Waals surface area contributed by atoms with Crippen molar-refractivity contribution >= 4 is 0 Å². The summed E-state index contributed by atoms with van der Waals surface area (Å²) in [6.45, 7) is 0. The zero-order chi connectivity index (χ0) is 13.4. The Morgan fingerprint density at radius 3 is 2.00 bits per heavy atom. The molecular formula is C16H25NO3. The van der Waals surface area contributed by atoms with Crippen molar-refractivity contribution in [2.45, 2.75) is 75.4 Å². The second kappa shape index (κ2) is 3.97. The highest BCUT2D eigenvalue weighted by molar-refractivity contribution is 5.05. The molecule has 4 bridgehead atoms. The van der Waals surface area contributed by atoms with Gasteiger partial charge in [0, 0.05) is 30.7 Å². The molecule has 0 unspecified atom stereocenters. The van der Waals surface area contributed by atoms with Crippen molar-refractivity contribution in [1.82, 2.24) is 0 Å². The van der Waals surface area contributed by atoms with Crippen LogP contribution in [0.25, 0.3) is 0 Å². The van der Waals surface area contributed by atoms with Crippen molar-refractivity contribution in [3.05, 3.63) is 0 Å².